The number of hydrogen-bond acceptors (Lipinski definition) is 3. The van der Waals surface area contributed by atoms with Crippen molar-refractivity contribution >= 4 is 15.9 Å². The Morgan fingerprint density at radius 1 is 1.03 bits per heavy atom. The van der Waals surface area contributed by atoms with Crippen LogP contribution in [0.2, 0.25) is 0 Å². The number of rotatable bonds is 8. The molecule has 1 saturated heterocycles. The van der Waals surface area contributed by atoms with Crippen molar-refractivity contribution in [2.75, 3.05) is 13.1 Å². The summed E-state index contributed by atoms with van der Waals surface area (Å²) < 4.78 is 27.2. The highest BCUT2D eigenvalue weighted by molar-refractivity contribution is 7.88. The maximum atomic E-state index is 13.0. The van der Waals surface area contributed by atoms with Crippen molar-refractivity contribution in [2.24, 2.45) is 11.8 Å². The Kier molecular flexibility index (Phi) is 7.89. The Balaban J connectivity index is 1.57. The van der Waals surface area contributed by atoms with Gasteiger partial charge in [-0.3, -0.25) is 4.79 Å². The van der Waals surface area contributed by atoms with Crippen molar-refractivity contribution in [3.05, 3.63) is 71.3 Å². The summed E-state index contributed by atoms with van der Waals surface area (Å²) in [5.41, 5.74) is 3.02. The molecule has 0 unspecified atom stereocenters. The SMILES string of the molecule is Cc1ccc(CS(=O)(=O)N2CCC(C(=O)N[C@@H](CC(C)C)c3ccccc3)CC2)cc1. The molecular formula is C25H34N2O3S. The molecule has 168 valence electrons. The Morgan fingerprint density at radius 3 is 2.23 bits per heavy atom. The first-order chi connectivity index (χ1) is 14.7. The van der Waals surface area contributed by atoms with Gasteiger partial charge >= 0.3 is 0 Å². The predicted octanol–water partition coefficient (Wildman–Crippen LogP) is 4.44. The van der Waals surface area contributed by atoms with Gasteiger partial charge in [-0.15, -0.1) is 0 Å². The third-order valence-corrected chi connectivity index (χ3v) is 7.76. The molecule has 3 rings (SSSR count). The Labute approximate surface area is 186 Å². The van der Waals surface area contributed by atoms with Crippen LogP contribution in [0.15, 0.2) is 54.6 Å². The van der Waals surface area contributed by atoms with E-state index in [1.54, 1.807) is 4.31 Å². The van der Waals surface area contributed by atoms with Crippen molar-refractivity contribution in [3.63, 3.8) is 0 Å². The zero-order valence-electron chi connectivity index (χ0n) is 18.8. The Morgan fingerprint density at radius 2 is 1.65 bits per heavy atom. The number of benzene rings is 2. The van der Waals surface area contributed by atoms with Crippen LogP contribution in [-0.4, -0.2) is 31.7 Å². The predicted molar refractivity (Wildman–Crippen MR) is 125 cm³/mol. The van der Waals surface area contributed by atoms with E-state index in [-0.39, 0.29) is 23.6 Å². The standard InChI is InChI=1S/C25H34N2O3S/c1-19(2)17-24(22-7-5-4-6-8-22)26-25(28)23-13-15-27(16-14-23)31(29,30)18-21-11-9-20(3)10-12-21/h4-12,19,23-24H,13-18H2,1-3H3,(H,26,28)/t24-/m0/s1. The number of nitrogens with one attached hydrogen (secondary N) is 1. The molecule has 1 heterocycles. The molecule has 0 radical (unpaired) electrons. The first kappa shape index (κ1) is 23.5. The van der Waals surface area contributed by atoms with Crippen molar-refractivity contribution in [2.45, 2.75) is 51.8 Å². The molecule has 1 aliphatic rings. The molecule has 0 spiro atoms. The third-order valence-electron chi connectivity index (χ3n) is 5.91. The van der Waals surface area contributed by atoms with Gasteiger partial charge in [0.25, 0.3) is 0 Å². The van der Waals surface area contributed by atoms with E-state index in [4.69, 9.17) is 0 Å². The molecule has 1 atom stereocenters. The van der Waals surface area contributed by atoms with Crippen LogP contribution in [0, 0.1) is 18.8 Å². The summed E-state index contributed by atoms with van der Waals surface area (Å²) >= 11 is 0. The minimum Gasteiger partial charge on any atom is -0.349 e. The van der Waals surface area contributed by atoms with Gasteiger partial charge in [0.2, 0.25) is 15.9 Å². The molecule has 1 fully saturated rings. The van der Waals surface area contributed by atoms with Gasteiger partial charge in [-0.25, -0.2) is 12.7 Å². The Bertz CT molecular complexity index is 948. The summed E-state index contributed by atoms with van der Waals surface area (Å²) in [7, 11) is -3.38. The average molecular weight is 443 g/mol. The van der Waals surface area contributed by atoms with Gasteiger partial charge < -0.3 is 5.32 Å². The van der Waals surface area contributed by atoms with Gasteiger partial charge in [0, 0.05) is 19.0 Å². The van der Waals surface area contributed by atoms with E-state index >= 15 is 0 Å². The highest BCUT2D eigenvalue weighted by Crippen LogP contribution is 2.25. The summed E-state index contributed by atoms with van der Waals surface area (Å²) in [6.07, 6.45) is 1.99. The molecule has 0 aliphatic carbocycles. The summed E-state index contributed by atoms with van der Waals surface area (Å²) in [5.74, 6) is 0.350. The molecular weight excluding hydrogens is 408 g/mol. The lowest BCUT2D eigenvalue weighted by molar-refractivity contribution is -0.127. The van der Waals surface area contributed by atoms with E-state index in [1.165, 1.54) is 0 Å². The molecule has 1 N–H and O–H groups in total. The van der Waals surface area contributed by atoms with E-state index in [2.05, 4.69) is 19.2 Å². The molecule has 1 aliphatic heterocycles. The number of nitrogens with zero attached hydrogens (tertiary/aromatic N) is 1. The topological polar surface area (TPSA) is 66.5 Å². The van der Waals surface area contributed by atoms with Gasteiger partial charge in [-0.2, -0.15) is 0 Å². The van der Waals surface area contributed by atoms with E-state index in [9.17, 15) is 13.2 Å². The molecule has 0 saturated carbocycles. The van der Waals surface area contributed by atoms with Crippen LogP contribution >= 0.6 is 0 Å². The number of carbonyl (C=O) groups is 1. The zero-order chi connectivity index (χ0) is 22.4. The van der Waals surface area contributed by atoms with Crippen LogP contribution in [0.5, 0.6) is 0 Å². The highest BCUT2D eigenvalue weighted by Gasteiger charge is 2.32. The van der Waals surface area contributed by atoms with Crippen LogP contribution in [0.25, 0.3) is 0 Å². The lowest BCUT2D eigenvalue weighted by Crippen LogP contribution is -2.44. The number of piperidine rings is 1. The summed E-state index contributed by atoms with van der Waals surface area (Å²) in [6.45, 7) is 7.08. The summed E-state index contributed by atoms with van der Waals surface area (Å²) in [5, 5.41) is 3.23. The number of amides is 1. The second-order valence-corrected chi connectivity index (χ2v) is 11.0. The molecule has 31 heavy (non-hydrogen) atoms. The monoisotopic (exact) mass is 442 g/mol. The molecule has 0 aromatic heterocycles. The molecule has 0 bridgehead atoms. The minimum absolute atomic E-state index is 0.00854. The van der Waals surface area contributed by atoms with E-state index in [0.29, 0.717) is 31.8 Å². The van der Waals surface area contributed by atoms with Crippen molar-refractivity contribution in [3.8, 4) is 0 Å². The number of aryl methyl sites for hydroxylation is 1. The number of carbonyl (C=O) groups excluding carboxylic acids is 1. The second-order valence-electron chi connectivity index (χ2n) is 9.02. The number of sulfonamides is 1. The third kappa shape index (κ3) is 6.65. The average Bonchev–Trinajstić information content (AvgIpc) is 2.75. The zero-order valence-corrected chi connectivity index (χ0v) is 19.6. The molecule has 1 amide bonds. The highest BCUT2D eigenvalue weighted by atomic mass is 32.2. The fraction of sp³-hybridized carbons (Fsp3) is 0.480. The van der Waals surface area contributed by atoms with E-state index in [0.717, 1.165) is 23.1 Å². The van der Waals surface area contributed by atoms with Crippen LogP contribution in [-0.2, 0) is 20.6 Å². The van der Waals surface area contributed by atoms with Gasteiger partial charge in [0.1, 0.15) is 0 Å². The van der Waals surface area contributed by atoms with Crippen LogP contribution in [0.1, 0.15) is 55.8 Å². The van der Waals surface area contributed by atoms with Gasteiger partial charge in [-0.1, -0.05) is 74.0 Å². The first-order valence-corrected chi connectivity index (χ1v) is 12.7. The maximum Gasteiger partial charge on any atom is 0.223 e. The van der Waals surface area contributed by atoms with Crippen molar-refractivity contribution < 1.29 is 13.2 Å². The van der Waals surface area contributed by atoms with Crippen LogP contribution in [0.4, 0.5) is 0 Å². The van der Waals surface area contributed by atoms with Gasteiger partial charge in [0.15, 0.2) is 0 Å². The molecule has 2 aromatic carbocycles. The Hall–Kier alpha value is -2.18. The van der Waals surface area contributed by atoms with Gasteiger partial charge in [-0.05, 0) is 43.2 Å². The fourth-order valence-corrected chi connectivity index (χ4v) is 5.67. The maximum absolute atomic E-state index is 13.0. The van der Waals surface area contributed by atoms with E-state index in [1.807, 2.05) is 61.5 Å². The van der Waals surface area contributed by atoms with Gasteiger partial charge in [0.05, 0.1) is 11.8 Å². The van der Waals surface area contributed by atoms with Crippen molar-refractivity contribution in [1.82, 2.24) is 9.62 Å². The second kappa shape index (κ2) is 10.4. The van der Waals surface area contributed by atoms with E-state index < -0.39 is 10.0 Å². The van der Waals surface area contributed by atoms with Crippen LogP contribution < -0.4 is 5.32 Å². The molecule has 5 nitrogen and oxygen atoms in total. The minimum atomic E-state index is -3.38. The lowest BCUT2D eigenvalue weighted by Gasteiger charge is -2.32. The quantitative estimate of drug-likeness (QED) is 0.657. The van der Waals surface area contributed by atoms with Crippen LogP contribution in [0.3, 0.4) is 0 Å². The summed E-state index contributed by atoms with van der Waals surface area (Å²) in [4.78, 5) is 13.0. The smallest absolute Gasteiger partial charge is 0.223 e. The summed E-state index contributed by atoms with van der Waals surface area (Å²) in [6, 6.07) is 17.6. The first-order valence-electron chi connectivity index (χ1n) is 11.1. The normalized spacial score (nSPS) is 16.9. The number of hydrogen-bond donors (Lipinski definition) is 1. The fourth-order valence-electron chi connectivity index (χ4n) is 4.11. The largest absolute Gasteiger partial charge is 0.349 e. The molecule has 6 heteroatoms. The van der Waals surface area contributed by atoms with Crippen molar-refractivity contribution in [1.29, 1.82) is 0 Å². The lowest BCUT2D eigenvalue weighted by atomic mass is 9.93. The molecule has 2 aromatic rings.